The summed E-state index contributed by atoms with van der Waals surface area (Å²) < 4.78 is 0. The van der Waals surface area contributed by atoms with E-state index >= 15 is 0 Å². The van der Waals surface area contributed by atoms with Crippen molar-refractivity contribution in [2.24, 2.45) is 0 Å². The fraction of sp³-hybridized carbons (Fsp3) is 0.0333. The first kappa shape index (κ1) is 39.8. The number of anilines is 10. The van der Waals surface area contributed by atoms with Crippen molar-refractivity contribution in [1.82, 2.24) is 0 Å². The Morgan fingerprint density at radius 2 is 0.531 bits per heavy atom. The van der Waals surface area contributed by atoms with Gasteiger partial charge in [-0.05, 0) is 139 Å². The van der Waals surface area contributed by atoms with Gasteiger partial charge in [0.25, 0.3) is 0 Å². The normalized spacial score (nSPS) is 14.3. The molecule has 0 aromatic heterocycles. The topological polar surface area (TPSA) is 13.0 Å². The molecule has 9 aromatic carbocycles. The van der Waals surface area contributed by atoms with Gasteiger partial charge in [-0.1, -0.05) is 152 Å². The molecule has 0 saturated heterocycles. The Kier molecular flexibility index (Phi) is 11.4. The Hall–Kier alpha value is -8.34. The molecule has 0 heterocycles. The van der Waals surface area contributed by atoms with Crippen LogP contribution in [0.3, 0.4) is 0 Å². The summed E-state index contributed by atoms with van der Waals surface area (Å²) in [5.74, 6) is 0. The van der Waals surface area contributed by atoms with Crippen molar-refractivity contribution in [1.29, 1.82) is 0 Å². The van der Waals surface area contributed by atoms with Crippen molar-refractivity contribution in [3.05, 3.63) is 290 Å². The molecule has 1 atom stereocenters. The van der Waals surface area contributed by atoms with E-state index in [-0.39, 0.29) is 0 Å². The highest BCUT2D eigenvalue weighted by atomic mass is 15.2. The van der Waals surface area contributed by atoms with Crippen molar-refractivity contribution in [3.63, 3.8) is 0 Å². The molecule has 4 heteroatoms. The molecule has 0 fully saturated rings. The molecule has 308 valence electrons. The number of para-hydroxylation sites is 6. The second-order valence-electron chi connectivity index (χ2n) is 15.8. The first-order valence-corrected chi connectivity index (χ1v) is 21.9. The fourth-order valence-electron chi connectivity index (χ4n) is 8.94. The molecule has 0 bridgehead atoms. The van der Waals surface area contributed by atoms with E-state index in [0.717, 1.165) is 69.0 Å². The van der Waals surface area contributed by atoms with E-state index in [2.05, 4.69) is 299 Å². The molecule has 0 saturated carbocycles. The summed E-state index contributed by atoms with van der Waals surface area (Å²) in [6, 6.07) is 92.6. The summed E-state index contributed by atoms with van der Waals surface area (Å²) in [5.41, 5.74) is 12.8. The molecular formula is C60H48N4. The largest absolute Gasteiger partial charge is 0.327 e. The highest BCUT2D eigenvalue weighted by Crippen LogP contribution is 2.48. The van der Waals surface area contributed by atoms with E-state index in [1.54, 1.807) is 0 Å². The van der Waals surface area contributed by atoms with Crippen LogP contribution in [-0.4, -0.2) is 0 Å². The first-order valence-electron chi connectivity index (χ1n) is 21.9. The average molecular weight is 825 g/mol. The molecule has 1 aliphatic rings. The van der Waals surface area contributed by atoms with Gasteiger partial charge in [-0.3, -0.25) is 0 Å². The molecule has 1 unspecified atom stereocenters. The van der Waals surface area contributed by atoms with E-state index in [1.165, 1.54) is 5.56 Å². The van der Waals surface area contributed by atoms with Crippen LogP contribution in [0.2, 0.25) is 0 Å². The minimum Gasteiger partial charge on any atom is -0.327 e. The van der Waals surface area contributed by atoms with Crippen molar-refractivity contribution in [2.75, 3.05) is 19.6 Å². The lowest BCUT2D eigenvalue weighted by atomic mass is 9.80. The molecule has 0 N–H and O–H groups in total. The molecular weight excluding hydrogens is 777 g/mol. The highest BCUT2D eigenvalue weighted by molar-refractivity contribution is 5.81. The maximum Gasteiger partial charge on any atom is 0.0924 e. The number of benzene rings is 9. The average Bonchev–Trinajstić information content (AvgIpc) is 3.38. The lowest BCUT2D eigenvalue weighted by molar-refractivity contribution is 0.544. The van der Waals surface area contributed by atoms with Crippen LogP contribution in [0.4, 0.5) is 56.9 Å². The number of nitrogens with zero attached hydrogens (tertiary/aromatic N) is 4. The predicted molar refractivity (Wildman–Crippen MR) is 269 cm³/mol. The zero-order chi connectivity index (χ0) is 43.0. The van der Waals surface area contributed by atoms with Gasteiger partial charge in [0, 0.05) is 62.6 Å². The fourth-order valence-corrected chi connectivity index (χ4v) is 8.94. The summed E-state index contributed by atoms with van der Waals surface area (Å²) in [5, 5.41) is 0. The third-order valence-corrected chi connectivity index (χ3v) is 11.9. The Balaban J connectivity index is 1.05. The van der Waals surface area contributed by atoms with Crippen molar-refractivity contribution in [2.45, 2.75) is 12.0 Å². The molecule has 4 nitrogen and oxygen atoms in total. The third kappa shape index (κ3) is 8.09. The van der Waals surface area contributed by atoms with Gasteiger partial charge < -0.3 is 19.6 Å². The molecule has 9 aromatic rings. The highest BCUT2D eigenvalue weighted by Gasteiger charge is 2.39. The molecule has 64 heavy (non-hydrogen) atoms. The molecule has 1 aliphatic carbocycles. The zero-order valence-corrected chi connectivity index (χ0v) is 35.6. The maximum absolute atomic E-state index is 2.51. The second kappa shape index (κ2) is 18.3. The number of hydrogen-bond acceptors (Lipinski definition) is 4. The summed E-state index contributed by atoms with van der Waals surface area (Å²) in [6.07, 6.45) is 7.85. The minimum atomic E-state index is -0.551. The Labute approximate surface area is 377 Å². The van der Waals surface area contributed by atoms with Gasteiger partial charge >= 0.3 is 0 Å². The zero-order valence-electron chi connectivity index (χ0n) is 35.6. The molecule has 0 aliphatic heterocycles. The lowest BCUT2D eigenvalue weighted by Gasteiger charge is -2.46. The SMILES string of the molecule is C1=CC(c2ccccc2)(N(c2ccccc2)c2ccc(N(c3ccccc3)c3ccccc3)cc2)CC=C1N(c1ccccc1)c1ccc(N(c2ccccc2)c2ccccc2)cc1. The van der Waals surface area contributed by atoms with Crippen molar-refractivity contribution in [3.8, 4) is 0 Å². The van der Waals surface area contributed by atoms with Crippen LogP contribution in [0.5, 0.6) is 0 Å². The Morgan fingerprint density at radius 1 is 0.266 bits per heavy atom. The quantitative estimate of drug-likeness (QED) is 0.115. The van der Waals surface area contributed by atoms with Crippen LogP contribution in [-0.2, 0) is 5.54 Å². The van der Waals surface area contributed by atoms with Crippen LogP contribution in [0.1, 0.15) is 12.0 Å². The van der Waals surface area contributed by atoms with Crippen molar-refractivity contribution < 1.29 is 0 Å². The maximum atomic E-state index is 2.51. The monoisotopic (exact) mass is 824 g/mol. The number of rotatable bonds is 13. The van der Waals surface area contributed by atoms with E-state index in [9.17, 15) is 0 Å². The summed E-state index contributed by atoms with van der Waals surface area (Å²) in [7, 11) is 0. The molecule has 0 spiro atoms. The lowest BCUT2D eigenvalue weighted by Crippen LogP contribution is -2.43. The smallest absolute Gasteiger partial charge is 0.0924 e. The molecule has 10 rings (SSSR count). The summed E-state index contributed by atoms with van der Waals surface area (Å²) >= 11 is 0. The summed E-state index contributed by atoms with van der Waals surface area (Å²) in [6.45, 7) is 0. The number of hydrogen-bond donors (Lipinski definition) is 0. The number of allylic oxidation sites excluding steroid dienone is 1. The standard InChI is InChI=1S/C60H48N4/c1-8-22-48(23-9-1)60(64(58-34-20-7-21-35-58)59-42-40-56(41-43-59)62(51-28-14-4-15-29-51)52-30-16-5-17-31-52)46-44-57(45-47-60)63(53-32-18-6-19-33-53)55-38-36-54(37-39-55)61(49-24-10-2-11-25-49)50-26-12-3-13-27-50/h1-46H,47H2. The predicted octanol–water partition coefficient (Wildman–Crippen LogP) is 16.3. The molecule has 0 amide bonds. The van der Waals surface area contributed by atoms with Crippen LogP contribution < -0.4 is 19.6 Å². The minimum absolute atomic E-state index is 0.551. The van der Waals surface area contributed by atoms with Gasteiger partial charge in [0.05, 0.1) is 5.54 Å². The Bertz CT molecular complexity index is 2850. The van der Waals surface area contributed by atoms with Crippen LogP contribution in [0, 0.1) is 0 Å². The van der Waals surface area contributed by atoms with Crippen LogP contribution >= 0.6 is 0 Å². The van der Waals surface area contributed by atoms with E-state index in [0.29, 0.717) is 0 Å². The first-order chi connectivity index (χ1) is 31.7. The summed E-state index contributed by atoms with van der Waals surface area (Å²) in [4.78, 5) is 9.49. The van der Waals surface area contributed by atoms with Gasteiger partial charge in [-0.2, -0.15) is 0 Å². The van der Waals surface area contributed by atoms with E-state index < -0.39 is 5.54 Å². The third-order valence-electron chi connectivity index (χ3n) is 11.9. The van der Waals surface area contributed by atoms with Crippen LogP contribution in [0.15, 0.2) is 285 Å². The van der Waals surface area contributed by atoms with Gasteiger partial charge in [0.2, 0.25) is 0 Å². The van der Waals surface area contributed by atoms with E-state index in [1.807, 2.05) is 0 Å². The second-order valence-corrected chi connectivity index (χ2v) is 15.8. The van der Waals surface area contributed by atoms with Crippen molar-refractivity contribution >= 4 is 56.9 Å². The van der Waals surface area contributed by atoms with Gasteiger partial charge in [-0.15, -0.1) is 0 Å². The van der Waals surface area contributed by atoms with E-state index in [4.69, 9.17) is 0 Å². The Morgan fingerprint density at radius 3 is 0.875 bits per heavy atom. The van der Waals surface area contributed by atoms with Crippen LogP contribution in [0.25, 0.3) is 0 Å². The van der Waals surface area contributed by atoms with Gasteiger partial charge in [0.15, 0.2) is 0 Å². The van der Waals surface area contributed by atoms with Gasteiger partial charge in [0.1, 0.15) is 0 Å². The molecule has 0 radical (unpaired) electrons. The van der Waals surface area contributed by atoms with Gasteiger partial charge in [-0.25, -0.2) is 0 Å².